The smallest absolute Gasteiger partial charge is 0.212 e. The summed E-state index contributed by atoms with van der Waals surface area (Å²) in [5, 5.41) is 12.9. The highest BCUT2D eigenvalue weighted by molar-refractivity contribution is 7.16. The van der Waals surface area contributed by atoms with Crippen LogP contribution in [-0.4, -0.2) is 57.8 Å². The average molecular weight is 349 g/mol. The van der Waals surface area contributed by atoms with Crippen LogP contribution < -0.4 is 10.6 Å². The van der Waals surface area contributed by atoms with Gasteiger partial charge in [-0.2, -0.15) is 5.10 Å². The molecule has 6 nitrogen and oxygen atoms in total. The maximum Gasteiger partial charge on any atom is 0.212 e. The molecular weight excluding hydrogens is 320 g/mol. The summed E-state index contributed by atoms with van der Waals surface area (Å²) in [5.41, 5.74) is 2.33. The quantitative estimate of drug-likeness (QED) is 0.881. The molecule has 1 aliphatic carbocycles. The van der Waals surface area contributed by atoms with Crippen LogP contribution in [-0.2, 0) is 6.54 Å². The third-order valence-electron chi connectivity index (χ3n) is 5.52. The first-order valence-electron chi connectivity index (χ1n) is 9.20. The summed E-state index contributed by atoms with van der Waals surface area (Å²) in [4.78, 5) is 8.35. The van der Waals surface area contributed by atoms with E-state index in [-0.39, 0.29) is 0 Å². The van der Waals surface area contributed by atoms with E-state index >= 15 is 0 Å². The van der Waals surface area contributed by atoms with Crippen molar-refractivity contribution in [2.45, 2.75) is 58.2 Å². The maximum absolute atomic E-state index is 4.64. The second-order valence-corrected chi connectivity index (χ2v) is 8.29. The van der Waals surface area contributed by atoms with E-state index in [4.69, 9.17) is 0 Å². The number of fused-ring (bicyclic) bond motifs is 1. The van der Waals surface area contributed by atoms with Crippen molar-refractivity contribution in [2.24, 2.45) is 0 Å². The van der Waals surface area contributed by atoms with Gasteiger partial charge in [-0.3, -0.25) is 4.90 Å². The fraction of sp³-hybridized carbons (Fsp3) is 0.765. The molecule has 1 aliphatic heterocycles. The molecule has 7 heteroatoms. The summed E-state index contributed by atoms with van der Waals surface area (Å²) >= 11 is 1.67. The molecule has 0 bridgehead atoms. The van der Waals surface area contributed by atoms with Crippen LogP contribution in [0.15, 0.2) is 0 Å². The van der Waals surface area contributed by atoms with Gasteiger partial charge in [-0.05, 0) is 39.5 Å². The topological polar surface area (TPSA) is 57.5 Å². The molecule has 132 valence electrons. The molecule has 1 saturated carbocycles. The van der Waals surface area contributed by atoms with E-state index in [0.29, 0.717) is 6.04 Å². The minimum absolute atomic E-state index is 0.633. The largest absolute Gasteiger partial charge is 0.314 e. The third kappa shape index (κ3) is 3.35. The van der Waals surface area contributed by atoms with Gasteiger partial charge in [0.15, 0.2) is 0 Å². The summed E-state index contributed by atoms with van der Waals surface area (Å²) in [6, 6.07) is 1.43. The molecule has 4 rings (SSSR count). The van der Waals surface area contributed by atoms with Crippen molar-refractivity contribution >= 4 is 16.3 Å². The zero-order chi connectivity index (χ0) is 16.5. The number of aromatic nitrogens is 3. The zero-order valence-corrected chi connectivity index (χ0v) is 15.5. The highest BCUT2D eigenvalue weighted by Gasteiger charge is 2.26. The number of hydrogen-bond donors (Lipinski definition) is 2. The first-order valence-corrected chi connectivity index (χ1v) is 10.0. The summed E-state index contributed by atoms with van der Waals surface area (Å²) in [5.74, 6) is 0. The molecular formula is C17H28N6S. The molecule has 0 atom stereocenters. The van der Waals surface area contributed by atoms with Gasteiger partial charge in [0, 0.05) is 44.8 Å². The fourth-order valence-corrected chi connectivity index (χ4v) is 4.93. The van der Waals surface area contributed by atoms with Crippen molar-refractivity contribution in [3.05, 3.63) is 16.4 Å². The predicted octanol–water partition coefficient (Wildman–Crippen LogP) is 1.71. The van der Waals surface area contributed by atoms with E-state index in [0.717, 1.165) is 41.3 Å². The lowest BCUT2D eigenvalue weighted by Gasteiger charge is -2.39. The van der Waals surface area contributed by atoms with Gasteiger partial charge in [0.05, 0.1) is 11.4 Å². The van der Waals surface area contributed by atoms with Crippen molar-refractivity contribution in [3.63, 3.8) is 0 Å². The number of aryl methyl sites for hydroxylation is 2. The van der Waals surface area contributed by atoms with Gasteiger partial charge in [0.2, 0.25) is 4.96 Å². The molecule has 3 heterocycles. The van der Waals surface area contributed by atoms with E-state index in [1.54, 1.807) is 11.3 Å². The molecule has 2 aromatic heterocycles. The molecule has 0 unspecified atom stereocenters. The lowest BCUT2D eigenvalue weighted by atomic mass is 9.90. The van der Waals surface area contributed by atoms with Gasteiger partial charge >= 0.3 is 0 Å². The minimum Gasteiger partial charge on any atom is -0.314 e. The Kier molecular flexibility index (Phi) is 4.85. The van der Waals surface area contributed by atoms with Crippen LogP contribution in [0.25, 0.3) is 4.96 Å². The Hall–Kier alpha value is -1.02. The number of hydrogen-bond acceptors (Lipinski definition) is 6. The van der Waals surface area contributed by atoms with E-state index in [9.17, 15) is 0 Å². The normalized spacial score (nSPS) is 26.2. The third-order valence-corrected chi connectivity index (χ3v) is 6.34. The first-order chi connectivity index (χ1) is 11.7. The van der Waals surface area contributed by atoms with Crippen molar-refractivity contribution in [1.82, 2.24) is 30.1 Å². The second-order valence-electron chi connectivity index (χ2n) is 7.13. The Labute approximate surface area is 147 Å². The summed E-state index contributed by atoms with van der Waals surface area (Å²) in [6.07, 6.45) is 5.22. The molecule has 2 aromatic rings. The Balaban J connectivity index is 1.31. The van der Waals surface area contributed by atoms with E-state index < -0.39 is 0 Å². The number of piperazine rings is 1. The standard InChI is InChI=1S/C17H28N6S/c1-12-16(23-17(20-12)24-13(2)21-23)11-19-14-3-5-15(6-4-14)22-9-7-18-8-10-22/h14-15,18-19H,3-11H2,1-2H3. The number of imidazole rings is 1. The highest BCUT2D eigenvalue weighted by atomic mass is 32.1. The highest BCUT2D eigenvalue weighted by Crippen LogP contribution is 2.24. The molecule has 2 N–H and O–H groups in total. The zero-order valence-electron chi connectivity index (χ0n) is 14.7. The number of rotatable bonds is 4. The van der Waals surface area contributed by atoms with Crippen LogP contribution >= 0.6 is 11.3 Å². The molecule has 2 aliphatic rings. The van der Waals surface area contributed by atoms with Crippen LogP contribution in [0.4, 0.5) is 0 Å². The number of nitrogens with one attached hydrogen (secondary N) is 2. The van der Waals surface area contributed by atoms with Gasteiger partial charge in [-0.15, -0.1) is 0 Å². The predicted molar refractivity (Wildman–Crippen MR) is 97.7 cm³/mol. The van der Waals surface area contributed by atoms with Crippen LogP contribution in [0.2, 0.25) is 0 Å². The van der Waals surface area contributed by atoms with Gasteiger partial charge in [0.1, 0.15) is 5.01 Å². The van der Waals surface area contributed by atoms with Gasteiger partial charge < -0.3 is 10.6 Å². The molecule has 0 spiro atoms. The Morgan fingerprint density at radius 1 is 1.17 bits per heavy atom. The molecule has 24 heavy (non-hydrogen) atoms. The van der Waals surface area contributed by atoms with Crippen molar-refractivity contribution < 1.29 is 0 Å². The van der Waals surface area contributed by atoms with Crippen LogP contribution in [0.1, 0.15) is 42.1 Å². The van der Waals surface area contributed by atoms with Gasteiger partial charge in [0.25, 0.3) is 0 Å². The average Bonchev–Trinajstić information content (AvgIpc) is 3.09. The fourth-order valence-electron chi connectivity index (χ4n) is 4.12. The van der Waals surface area contributed by atoms with E-state index in [2.05, 4.69) is 32.5 Å². The second kappa shape index (κ2) is 7.07. The summed E-state index contributed by atoms with van der Waals surface area (Å²) in [7, 11) is 0. The van der Waals surface area contributed by atoms with Crippen molar-refractivity contribution in [3.8, 4) is 0 Å². The lowest BCUT2D eigenvalue weighted by Crippen LogP contribution is -2.50. The monoisotopic (exact) mass is 348 g/mol. The molecule has 2 fully saturated rings. The Morgan fingerprint density at radius 3 is 2.67 bits per heavy atom. The van der Waals surface area contributed by atoms with Crippen molar-refractivity contribution in [1.29, 1.82) is 0 Å². The molecule has 0 aromatic carbocycles. The molecule has 0 radical (unpaired) electrons. The molecule has 0 amide bonds. The van der Waals surface area contributed by atoms with Gasteiger partial charge in [-0.25, -0.2) is 9.50 Å². The Bertz CT molecular complexity index is 679. The summed E-state index contributed by atoms with van der Waals surface area (Å²) < 4.78 is 2.02. The van der Waals surface area contributed by atoms with Crippen LogP contribution in [0, 0.1) is 13.8 Å². The van der Waals surface area contributed by atoms with Crippen LogP contribution in [0.5, 0.6) is 0 Å². The van der Waals surface area contributed by atoms with Crippen LogP contribution in [0.3, 0.4) is 0 Å². The minimum atomic E-state index is 0.633. The first kappa shape index (κ1) is 16.4. The van der Waals surface area contributed by atoms with Crippen molar-refractivity contribution in [2.75, 3.05) is 26.2 Å². The Morgan fingerprint density at radius 2 is 1.92 bits per heavy atom. The number of nitrogens with zero attached hydrogens (tertiary/aromatic N) is 4. The van der Waals surface area contributed by atoms with E-state index in [1.807, 2.05) is 11.4 Å². The maximum atomic E-state index is 4.64. The lowest BCUT2D eigenvalue weighted by molar-refractivity contribution is 0.128. The molecule has 1 saturated heterocycles. The van der Waals surface area contributed by atoms with E-state index in [1.165, 1.54) is 44.5 Å². The SMILES string of the molecule is Cc1nn2c(CNC3CCC(N4CCNCC4)CC3)c(C)nc2s1. The summed E-state index contributed by atoms with van der Waals surface area (Å²) in [6.45, 7) is 9.76. The van der Waals surface area contributed by atoms with Gasteiger partial charge in [-0.1, -0.05) is 11.3 Å².